The predicted molar refractivity (Wildman–Crippen MR) is 82.2 cm³/mol. The highest BCUT2D eigenvalue weighted by molar-refractivity contribution is 5.37. The number of hydrogen-bond donors (Lipinski definition) is 1. The Hall–Kier alpha value is -1.68. The third kappa shape index (κ3) is 3.07. The van der Waals surface area contributed by atoms with Gasteiger partial charge in [0.05, 0.1) is 17.1 Å². The summed E-state index contributed by atoms with van der Waals surface area (Å²) in [5, 5.41) is 8.05. The fourth-order valence-electron chi connectivity index (χ4n) is 2.44. The molecule has 0 spiro atoms. The zero-order valence-electron chi connectivity index (χ0n) is 13.1. The summed E-state index contributed by atoms with van der Waals surface area (Å²) < 4.78 is 2.02. The Bertz CT molecular complexity index is 584. The van der Waals surface area contributed by atoms with E-state index in [2.05, 4.69) is 56.1 Å². The maximum atomic E-state index is 4.66. The molecule has 0 radical (unpaired) electrons. The summed E-state index contributed by atoms with van der Waals surface area (Å²) in [6.07, 6.45) is 2.87. The summed E-state index contributed by atoms with van der Waals surface area (Å²) in [6, 6.07) is 4.58. The summed E-state index contributed by atoms with van der Waals surface area (Å²) in [4.78, 5) is 4.41. The first-order chi connectivity index (χ1) is 9.52. The number of aromatic nitrogens is 3. The first kappa shape index (κ1) is 14.7. The summed E-state index contributed by atoms with van der Waals surface area (Å²) in [6.45, 7) is 11.4. The number of nitrogens with one attached hydrogen (secondary N) is 1. The van der Waals surface area contributed by atoms with E-state index in [1.165, 1.54) is 11.3 Å². The Morgan fingerprint density at radius 3 is 2.65 bits per heavy atom. The molecule has 4 heteroatoms. The quantitative estimate of drug-likeness (QED) is 0.910. The normalized spacial score (nSPS) is 11.3. The van der Waals surface area contributed by atoms with Crippen LogP contribution in [0.3, 0.4) is 0 Å². The van der Waals surface area contributed by atoms with E-state index in [0.717, 1.165) is 30.0 Å². The van der Waals surface area contributed by atoms with Gasteiger partial charge in [-0.3, -0.25) is 4.98 Å². The lowest BCUT2D eigenvalue weighted by molar-refractivity contribution is 0.581. The Morgan fingerprint density at radius 1 is 1.30 bits per heavy atom. The van der Waals surface area contributed by atoms with Crippen molar-refractivity contribution < 1.29 is 0 Å². The highest BCUT2D eigenvalue weighted by Crippen LogP contribution is 2.18. The molecule has 0 saturated heterocycles. The molecule has 2 aromatic heterocycles. The van der Waals surface area contributed by atoms with E-state index >= 15 is 0 Å². The molecule has 2 heterocycles. The first-order valence-corrected chi connectivity index (χ1v) is 7.26. The molecule has 0 fully saturated rings. The standard InChI is InChI=1S/C16H24N4/c1-6-16-12(4)19-20(13(16)5)15-7-8-17-14(9-15)10-18-11(2)3/h7-9,11,18H,6,10H2,1-5H3. The number of nitrogens with zero attached hydrogens (tertiary/aromatic N) is 3. The smallest absolute Gasteiger partial charge is 0.0682 e. The topological polar surface area (TPSA) is 42.7 Å². The van der Waals surface area contributed by atoms with Crippen LogP contribution in [0.25, 0.3) is 5.69 Å². The Kier molecular flexibility index (Phi) is 4.55. The van der Waals surface area contributed by atoms with Gasteiger partial charge < -0.3 is 5.32 Å². The largest absolute Gasteiger partial charge is 0.309 e. The van der Waals surface area contributed by atoms with Gasteiger partial charge in [0.1, 0.15) is 0 Å². The van der Waals surface area contributed by atoms with E-state index in [0.29, 0.717) is 6.04 Å². The number of aryl methyl sites for hydroxylation is 1. The third-order valence-electron chi connectivity index (χ3n) is 3.53. The second kappa shape index (κ2) is 6.18. The van der Waals surface area contributed by atoms with Crippen molar-refractivity contribution in [3.63, 3.8) is 0 Å². The van der Waals surface area contributed by atoms with Gasteiger partial charge in [-0.2, -0.15) is 5.10 Å². The van der Waals surface area contributed by atoms with Crippen LogP contribution >= 0.6 is 0 Å². The van der Waals surface area contributed by atoms with Gasteiger partial charge in [0.2, 0.25) is 0 Å². The molecule has 0 aliphatic rings. The van der Waals surface area contributed by atoms with Crippen molar-refractivity contribution in [3.05, 3.63) is 41.0 Å². The van der Waals surface area contributed by atoms with Crippen LogP contribution in [0, 0.1) is 13.8 Å². The summed E-state index contributed by atoms with van der Waals surface area (Å²) in [7, 11) is 0. The van der Waals surface area contributed by atoms with Crippen molar-refractivity contribution in [3.8, 4) is 5.69 Å². The second-order valence-corrected chi connectivity index (χ2v) is 5.46. The molecular weight excluding hydrogens is 248 g/mol. The molecule has 0 saturated carbocycles. The van der Waals surface area contributed by atoms with E-state index in [1.807, 2.05) is 16.9 Å². The minimum absolute atomic E-state index is 0.459. The van der Waals surface area contributed by atoms with Crippen molar-refractivity contribution in [2.24, 2.45) is 0 Å². The minimum Gasteiger partial charge on any atom is -0.309 e. The Labute approximate surface area is 121 Å². The van der Waals surface area contributed by atoms with Gasteiger partial charge in [0.15, 0.2) is 0 Å². The first-order valence-electron chi connectivity index (χ1n) is 7.26. The van der Waals surface area contributed by atoms with Crippen LogP contribution in [-0.2, 0) is 13.0 Å². The molecule has 2 rings (SSSR count). The van der Waals surface area contributed by atoms with Crippen molar-refractivity contribution in [1.82, 2.24) is 20.1 Å². The fraction of sp³-hybridized carbons (Fsp3) is 0.500. The molecule has 0 amide bonds. The molecule has 0 unspecified atom stereocenters. The maximum Gasteiger partial charge on any atom is 0.0682 e. The molecule has 0 aromatic carbocycles. The third-order valence-corrected chi connectivity index (χ3v) is 3.53. The molecule has 2 aromatic rings. The average Bonchev–Trinajstić information content (AvgIpc) is 2.71. The van der Waals surface area contributed by atoms with Gasteiger partial charge in [-0.05, 0) is 38.0 Å². The SMILES string of the molecule is CCc1c(C)nn(-c2ccnc(CNC(C)C)c2)c1C. The van der Waals surface area contributed by atoms with Crippen LogP contribution in [-0.4, -0.2) is 20.8 Å². The van der Waals surface area contributed by atoms with E-state index in [1.54, 1.807) is 0 Å². The fourth-order valence-corrected chi connectivity index (χ4v) is 2.44. The molecule has 1 N–H and O–H groups in total. The van der Waals surface area contributed by atoms with E-state index in [-0.39, 0.29) is 0 Å². The van der Waals surface area contributed by atoms with Gasteiger partial charge in [0.25, 0.3) is 0 Å². The van der Waals surface area contributed by atoms with Gasteiger partial charge in [-0.15, -0.1) is 0 Å². The zero-order valence-corrected chi connectivity index (χ0v) is 13.1. The van der Waals surface area contributed by atoms with Crippen molar-refractivity contribution in [2.75, 3.05) is 0 Å². The molecule has 0 aliphatic carbocycles. The van der Waals surface area contributed by atoms with Crippen LogP contribution in [0.15, 0.2) is 18.3 Å². The zero-order chi connectivity index (χ0) is 14.7. The lowest BCUT2D eigenvalue weighted by Crippen LogP contribution is -2.22. The van der Waals surface area contributed by atoms with Gasteiger partial charge >= 0.3 is 0 Å². The van der Waals surface area contributed by atoms with E-state index < -0.39 is 0 Å². The highest BCUT2D eigenvalue weighted by atomic mass is 15.3. The Morgan fingerprint density at radius 2 is 2.05 bits per heavy atom. The summed E-state index contributed by atoms with van der Waals surface area (Å²) in [5.74, 6) is 0. The molecule has 0 aliphatic heterocycles. The summed E-state index contributed by atoms with van der Waals surface area (Å²) >= 11 is 0. The monoisotopic (exact) mass is 272 g/mol. The van der Waals surface area contributed by atoms with Crippen LogP contribution in [0.5, 0.6) is 0 Å². The lowest BCUT2D eigenvalue weighted by atomic mass is 10.1. The number of rotatable bonds is 5. The minimum atomic E-state index is 0.459. The van der Waals surface area contributed by atoms with Gasteiger partial charge in [-0.1, -0.05) is 20.8 Å². The predicted octanol–water partition coefficient (Wildman–Crippen LogP) is 2.94. The summed E-state index contributed by atoms with van der Waals surface area (Å²) in [5.41, 5.74) is 5.80. The highest BCUT2D eigenvalue weighted by Gasteiger charge is 2.11. The average molecular weight is 272 g/mol. The van der Waals surface area contributed by atoms with Gasteiger partial charge in [0, 0.05) is 24.5 Å². The Balaban J connectivity index is 2.31. The number of hydrogen-bond acceptors (Lipinski definition) is 3. The van der Waals surface area contributed by atoms with Crippen LogP contribution in [0.1, 0.15) is 43.4 Å². The molecule has 4 nitrogen and oxygen atoms in total. The van der Waals surface area contributed by atoms with Crippen molar-refractivity contribution >= 4 is 0 Å². The van der Waals surface area contributed by atoms with Gasteiger partial charge in [-0.25, -0.2) is 4.68 Å². The molecule has 108 valence electrons. The molecule has 0 bridgehead atoms. The molecular formula is C16H24N4. The van der Waals surface area contributed by atoms with Crippen LogP contribution in [0.2, 0.25) is 0 Å². The molecule has 0 atom stereocenters. The van der Waals surface area contributed by atoms with Crippen molar-refractivity contribution in [2.45, 2.75) is 53.6 Å². The van der Waals surface area contributed by atoms with Crippen LogP contribution < -0.4 is 5.32 Å². The molecule has 20 heavy (non-hydrogen) atoms. The lowest BCUT2D eigenvalue weighted by Gasteiger charge is -2.10. The van der Waals surface area contributed by atoms with E-state index in [9.17, 15) is 0 Å². The van der Waals surface area contributed by atoms with E-state index in [4.69, 9.17) is 0 Å². The maximum absolute atomic E-state index is 4.66. The van der Waals surface area contributed by atoms with Crippen molar-refractivity contribution in [1.29, 1.82) is 0 Å². The van der Waals surface area contributed by atoms with Crippen LogP contribution in [0.4, 0.5) is 0 Å². The number of pyridine rings is 1. The second-order valence-electron chi connectivity index (χ2n) is 5.46.